The molecular formula is C21H22ClN5O5S. The number of hydrogen-bond donors (Lipinski definition) is 2. The molecule has 5 rings (SSSR count). The molecule has 33 heavy (non-hydrogen) atoms. The molecule has 4 heterocycles. The second-order valence-corrected chi connectivity index (χ2v) is 10.7. The molecule has 0 saturated carbocycles. The molecule has 2 aliphatic heterocycles. The summed E-state index contributed by atoms with van der Waals surface area (Å²) in [6.07, 6.45) is 1.01. The van der Waals surface area contributed by atoms with E-state index in [2.05, 4.69) is 24.6 Å². The molecule has 2 N–H and O–H groups in total. The molecule has 12 heteroatoms. The number of rotatable bonds is 6. The first-order valence-electron chi connectivity index (χ1n) is 10.4. The minimum Gasteiger partial charge on any atom is -0.496 e. The number of halogens is 1. The summed E-state index contributed by atoms with van der Waals surface area (Å²) < 4.78 is 33.7. The SMILES string of the molecule is COc1cc(N=S2(=O)CCC2)cc2ncnc(Nc3ccc(Cl)nc3O[C@H]3COC[C@@H]3O)c12. The first kappa shape index (κ1) is 22.1. The summed E-state index contributed by atoms with van der Waals surface area (Å²) >= 11 is 6.08. The van der Waals surface area contributed by atoms with Crippen molar-refractivity contribution in [3.63, 3.8) is 0 Å². The number of fused-ring (bicyclic) bond motifs is 1. The van der Waals surface area contributed by atoms with Crippen LogP contribution in [0.15, 0.2) is 35.0 Å². The lowest BCUT2D eigenvalue weighted by Gasteiger charge is -2.19. The molecule has 174 valence electrons. The van der Waals surface area contributed by atoms with Gasteiger partial charge in [0.2, 0.25) is 5.88 Å². The standard InChI is InChI=1S/C21H22ClN5O5S/c1-30-16-8-12(27-33(29)5-2-6-33)7-14-19(16)20(24-11-23-14)25-13-3-4-18(22)26-21(13)32-17-10-31-9-15(17)28/h3-4,7-8,11,15,17,28H,2,5-6,9-10H2,1H3,(H,23,24,25)/t15-,17-/m0/s1. The van der Waals surface area contributed by atoms with E-state index in [0.717, 1.165) is 6.42 Å². The van der Waals surface area contributed by atoms with Gasteiger partial charge in [-0.1, -0.05) is 11.6 Å². The fraction of sp³-hybridized carbons (Fsp3) is 0.381. The molecule has 0 aliphatic carbocycles. The van der Waals surface area contributed by atoms with Crippen LogP contribution in [0.25, 0.3) is 10.9 Å². The highest BCUT2D eigenvalue weighted by Gasteiger charge is 2.29. The molecule has 2 saturated heterocycles. The Bertz CT molecular complexity index is 1320. The Hall–Kier alpha value is -2.73. The fourth-order valence-corrected chi connectivity index (χ4v) is 5.23. The maximum Gasteiger partial charge on any atom is 0.239 e. The maximum absolute atomic E-state index is 12.6. The van der Waals surface area contributed by atoms with Crippen LogP contribution in [0.4, 0.5) is 17.2 Å². The molecule has 10 nitrogen and oxygen atoms in total. The largest absolute Gasteiger partial charge is 0.496 e. The Balaban J connectivity index is 1.53. The molecule has 2 atom stereocenters. The summed E-state index contributed by atoms with van der Waals surface area (Å²) in [7, 11) is -0.638. The summed E-state index contributed by atoms with van der Waals surface area (Å²) in [6, 6.07) is 6.81. The molecule has 0 radical (unpaired) electrons. The van der Waals surface area contributed by atoms with Gasteiger partial charge in [0.15, 0.2) is 6.10 Å². The number of pyridine rings is 1. The van der Waals surface area contributed by atoms with Gasteiger partial charge in [-0.3, -0.25) is 0 Å². The third-order valence-corrected chi connectivity index (χ3v) is 8.05. The van der Waals surface area contributed by atoms with E-state index in [1.165, 1.54) is 6.33 Å². The van der Waals surface area contributed by atoms with Gasteiger partial charge in [0, 0.05) is 17.6 Å². The quantitative estimate of drug-likeness (QED) is 0.500. The fourth-order valence-electron chi connectivity index (χ4n) is 3.63. The summed E-state index contributed by atoms with van der Waals surface area (Å²) in [5.74, 6) is 2.36. The second-order valence-electron chi connectivity index (χ2n) is 7.76. The van der Waals surface area contributed by atoms with Gasteiger partial charge in [0.25, 0.3) is 0 Å². The average Bonchev–Trinajstić information content (AvgIpc) is 3.18. The highest BCUT2D eigenvalue weighted by Crippen LogP contribution is 2.38. The van der Waals surface area contributed by atoms with Gasteiger partial charge in [0.1, 0.15) is 34.8 Å². The lowest BCUT2D eigenvalue weighted by atomic mass is 10.2. The molecular weight excluding hydrogens is 470 g/mol. The van der Waals surface area contributed by atoms with Gasteiger partial charge in [-0.15, -0.1) is 0 Å². The lowest BCUT2D eigenvalue weighted by molar-refractivity contribution is 0.0709. The summed E-state index contributed by atoms with van der Waals surface area (Å²) in [5, 5.41) is 14.1. The summed E-state index contributed by atoms with van der Waals surface area (Å²) in [6.45, 7) is 0.440. The van der Waals surface area contributed by atoms with E-state index < -0.39 is 21.9 Å². The number of anilines is 2. The number of nitrogens with zero attached hydrogens (tertiary/aromatic N) is 4. The van der Waals surface area contributed by atoms with Crippen molar-refractivity contribution in [2.75, 3.05) is 37.1 Å². The van der Waals surface area contributed by atoms with Crippen LogP contribution in [0.2, 0.25) is 5.15 Å². The van der Waals surface area contributed by atoms with Crippen molar-refractivity contribution in [1.29, 1.82) is 0 Å². The number of aliphatic hydroxyl groups excluding tert-OH is 1. The third-order valence-electron chi connectivity index (χ3n) is 5.45. The topological polar surface area (TPSA) is 128 Å². The number of ether oxygens (including phenoxy) is 3. The van der Waals surface area contributed by atoms with Crippen molar-refractivity contribution in [3.05, 3.63) is 35.7 Å². The Morgan fingerprint density at radius 3 is 2.82 bits per heavy atom. The van der Waals surface area contributed by atoms with Crippen LogP contribution in [-0.2, 0) is 14.5 Å². The van der Waals surface area contributed by atoms with E-state index in [0.29, 0.717) is 45.4 Å². The number of nitrogens with one attached hydrogen (secondary N) is 1. The third kappa shape index (κ3) is 4.54. The first-order chi connectivity index (χ1) is 15.9. The predicted octanol–water partition coefficient (Wildman–Crippen LogP) is 3.07. The van der Waals surface area contributed by atoms with Gasteiger partial charge in [-0.25, -0.2) is 14.2 Å². The van der Waals surface area contributed by atoms with Crippen molar-refractivity contribution in [2.24, 2.45) is 4.36 Å². The Morgan fingerprint density at radius 1 is 1.27 bits per heavy atom. The summed E-state index contributed by atoms with van der Waals surface area (Å²) in [4.78, 5) is 13.0. The molecule has 2 aliphatic rings. The monoisotopic (exact) mass is 491 g/mol. The zero-order valence-corrected chi connectivity index (χ0v) is 19.3. The van der Waals surface area contributed by atoms with Crippen molar-refractivity contribution in [2.45, 2.75) is 18.6 Å². The zero-order valence-electron chi connectivity index (χ0n) is 17.7. The Morgan fingerprint density at radius 2 is 2.12 bits per heavy atom. The van der Waals surface area contributed by atoms with Crippen molar-refractivity contribution in [1.82, 2.24) is 15.0 Å². The Kier molecular flexibility index (Phi) is 5.95. The highest BCUT2D eigenvalue weighted by molar-refractivity contribution is 7.95. The lowest BCUT2D eigenvalue weighted by Crippen LogP contribution is -2.30. The first-order valence-corrected chi connectivity index (χ1v) is 12.6. The van der Waals surface area contributed by atoms with Gasteiger partial charge in [-0.05, 0) is 24.6 Å². The predicted molar refractivity (Wildman–Crippen MR) is 124 cm³/mol. The van der Waals surface area contributed by atoms with Gasteiger partial charge >= 0.3 is 0 Å². The van der Waals surface area contributed by atoms with Crippen LogP contribution in [-0.4, -0.2) is 68.3 Å². The minimum absolute atomic E-state index is 0.196. The van der Waals surface area contributed by atoms with E-state index in [1.807, 2.05) is 0 Å². The molecule has 0 spiro atoms. The Labute approximate surface area is 195 Å². The molecule has 2 aromatic heterocycles. The maximum atomic E-state index is 12.6. The molecule has 0 unspecified atom stereocenters. The number of aliphatic hydroxyl groups is 1. The second kappa shape index (κ2) is 8.90. The van der Waals surface area contributed by atoms with Crippen molar-refractivity contribution in [3.8, 4) is 11.6 Å². The normalized spacial score (nSPS) is 21.4. The van der Waals surface area contributed by atoms with Crippen LogP contribution in [0.3, 0.4) is 0 Å². The molecule has 0 amide bonds. The van der Waals surface area contributed by atoms with Crippen LogP contribution < -0.4 is 14.8 Å². The number of aromatic nitrogens is 3. The van der Waals surface area contributed by atoms with E-state index in [1.54, 1.807) is 31.4 Å². The average molecular weight is 492 g/mol. The van der Waals surface area contributed by atoms with E-state index in [4.69, 9.17) is 25.8 Å². The summed E-state index contributed by atoms with van der Waals surface area (Å²) in [5.41, 5.74) is 1.63. The highest BCUT2D eigenvalue weighted by atomic mass is 35.5. The van der Waals surface area contributed by atoms with Crippen LogP contribution >= 0.6 is 11.6 Å². The van der Waals surface area contributed by atoms with Crippen LogP contribution in [0.5, 0.6) is 11.6 Å². The minimum atomic E-state index is -2.18. The van der Waals surface area contributed by atoms with Crippen molar-refractivity contribution >= 4 is 49.4 Å². The van der Waals surface area contributed by atoms with Crippen molar-refractivity contribution < 1.29 is 23.5 Å². The van der Waals surface area contributed by atoms with Gasteiger partial charge in [-0.2, -0.15) is 9.35 Å². The zero-order chi connectivity index (χ0) is 23.0. The number of hydrogen-bond acceptors (Lipinski definition) is 10. The molecule has 2 fully saturated rings. The van der Waals surface area contributed by atoms with E-state index in [-0.39, 0.29) is 24.2 Å². The smallest absolute Gasteiger partial charge is 0.239 e. The van der Waals surface area contributed by atoms with E-state index >= 15 is 0 Å². The van der Waals surface area contributed by atoms with Gasteiger partial charge in [0.05, 0.1) is 46.6 Å². The van der Waals surface area contributed by atoms with Crippen LogP contribution in [0, 0.1) is 0 Å². The van der Waals surface area contributed by atoms with Gasteiger partial charge < -0.3 is 24.6 Å². The number of methoxy groups -OCH3 is 1. The molecule has 3 aromatic rings. The van der Waals surface area contributed by atoms with Crippen LogP contribution in [0.1, 0.15) is 6.42 Å². The van der Waals surface area contributed by atoms with E-state index in [9.17, 15) is 9.32 Å². The molecule has 1 aromatic carbocycles. The number of benzene rings is 1. The molecule has 0 bridgehead atoms.